The highest BCUT2D eigenvalue weighted by atomic mass is 16.5. The van der Waals surface area contributed by atoms with Crippen LogP contribution in [0.4, 0.5) is 0 Å². The lowest BCUT2D eigenvalue weighted by Crippen LogP contribution is -2.42. The van der Waals surface area contributed by atoms with E-state index in [4.69, 9.17) is 16.2 Å². The summed E-state index contributed by atoms with van der Waals surface area (Å²) in [6.45, 7) is 4.46. The van der Waals surface area contributed by atoms with Gasteiger partial charge in [-0.05, 0) is 12.3 Å². The van der Waals surface area contributed by atoms with Gasteiger partial charge in [-0.2, -0.15) is 0 Å². The van der Waals surface area contributed by atoms with Crippen molar-refractivity contribution in [2.24, 2.45) is 17.4 Å². The fraction of sp³-hybridized carbons (Fsp3) is 0.800. The van der Waals surface area contributed by atoms with Crippen LogP contribution in [0.2, 0.25) is 0 Å². The normalized spacial score (nSPS) is 12.5. The van der Waals surface area contributed by atoms with Crippen LogP contribution in [-0.4, -0.2) is 37.6 Å². The maximum Gasteiger partial charge on any atom is 0.243 e. The quantitative estimate of drug-likeness (QED) is 0.464. The molecule has 6 heteroatoms. The highest BCUT2D eigenvalue weighted by molar-refractivity contribution is 5.81. The van der Waals surface area contributed by atoms with Crippen molar-refractivity contribution in [3.05, 3.63) is 0 Å². The fourth-order valence-corrected chi connectivity index (χ4v) is 1.17. The molecular weight excluding hydrogens is 210 g/mol. The van der Waals surface area contributed by atoms with E-state index in [-0.39, 0.29) is 19.1 Å². The zero-order chi connectivity index (χ0) is 12.6. The smallest absolute Gasteiger partial charge is 0.243 e. The van der Waals surface area contributed by atoms with Gasteiger partial charge in [0.2, 0.25) is 11.8 Å². The molecule has 0 unspecified atom stereocenters. The average Bonchev–Trinajstić information content (AvgIpc) is 2.15. The number of hydrogen-bond donors (Lipinski definition) is 3. The van der Waals surface area contributed by atoms with E-state index >= 15 is 0 Å². The van der Waals surface area contributed by atoms with E-state index in [1.807, 2.05) is 13.8 Å². The van der Waals surface area contributed by atoms with Crippen LogP contribution in [0.15, 0.2) is 0 Å². The molecule has 0 aromatic rings. The summed E-state index contributed by atoms with van der Waals surface area (Å²) in [5, 5.41) is 2.62. The van der Waals surface area contributed by atoms with Gasteiger partial charge in [0.25, 0.3) is 0 Å². The highest BCUT2D eigenvalue weighted by Crippen LogP contribution is 2.02. The second-order valence-electron chi connectivity index (χ2n) is 4.05. The Hall–Kier alpha value is -1.14. The lowest BCUT2D eigenvalue weighted by atomic mass is 10.0. The first-order valence-electron chi connectivity index (χ1n) is 5.32. The number of carbonyl (C=O) groups excluding carboxylic acids is 2. The third kappa shape index (κ3) is 8.19. The van der Waals surface area contributed by atoms with Gasteiger partial charge in [-0.25, -0.2) is 0 Å². The third-order valence-corrected chi connectivity index (χ3v) is 1.85. The van der Waals surface area contributed by atoms with Crippen molar-refractivity contribution in [2.75, 3.05) is 19.8 Å². The van der Waals surface area contributed by atoms with Gasteiger partial charge in [0.15, 0.2) is 0 Å². The van der Waals surface area contributed by atoms with E-state index in [9.17, 15) is 9.59 Å². The molecule has 0 aliphatic rings. The van der Waals surface area contributed by atoms with Gasteiger partial charge in [-0.15, -0.1) is 0 Å². The van der Waals surface area contributed by atoms with Crippen molar-refractivity contribution in [3.8, 4) is 0 Å². The minimum atomic E-state index is -0.525. The zero-order valence-corrected chi connectivity index (χ0v) is 9.86. The van der Waals surface area contributed by atoms with Crippen LogP contribution in [0.1, 0.15) is 20.3 Å². The largest absolute Gasteiger partial charge is 0.370 e. The SMILES string of the molecule is CC(C)C[C@@H](N)C(=O)NCCOCC(N)=O. The van der Waals surface area contributed by atoms with Gasteiger partial charge in [0.05, 0.1) is 12.6 Å². The van der Waals surface area contributed by atoms with Crippen molar-refractivity contribution < 1.29 is 14.3 Å². The monoisotopic (exact) mass is 231 g/mol. The molecule has 0 heterocycles. The summed E-state index contributed by atoms with van der Waals surface area (Å²) in [7, 11) is 0. The first-order valence-corrected chi connectivity index (χ1v) is 5.32. The van der Waals surface area contributed by atoms with Gasteiger partial charge >= 0.3 is 0 Å². The van der Waals surface area contributed by atoms with Crippen LogP contribution in [0.5, 0.6) is 0 Å². The molecule has 16 heavy (non-hydrogen) atoms. The number of nitrogens with two attached hydrogens (primary N) is 2. The summed E-state index contributed by atoms with van der Waals surface area (Å²) in [4.78, 5) is 21.7. The first kappa shape index (κ1) is 14.9. The fourth-order valence-electron chi connectivity index (χ4n) is 1.17. The minimum Gasteiger partial charge on any atom is -0.370 e. The predicted molar refractivity (Wildman–Crippen MR) is 60.5 cm³/mol. The van der Waals surface area contributed by atoms with Gasteiger partial charge in [-0.1, -0.05) is 13.8 Å². The Morgan fingerprint density at radius 3 is 2.50 bits per heavy atom. The minimum absolute atomic E-state index is 0.131. The molecule has 0 rings (SSSR count). The molecule has 6 nitrogen and oxygen atoms in total. The summed E-state index contributed by atoms with van der Waals surface area (Å²) in [5.41, 5.74) is 10.5. The van der Waals surface area contributed by atoms with Gasteiger partial charge in [-0.3, -0.25) is 9.59 Å². The van der Waals surface area contributed by atoms with Crippen molar-refractivity contribution in [3.63, 3.8) is 0 Å². The summed E-state index contributed by atoms with van der Waals surface area (Å²) in [6, 6.07) is -0.490. The van der Waals surface area contributed by atoms with Crippen molar-refractivity contribution >= 4 is 11.8 Å². The Kier molecular flexibility index (Phi) is 7.49. The molecule has 0 aromatic carbocycles. The summed E-state index contributed by atoms with van der Waals surface area (Å²) in [5.74, 6) is -0.342. The molecule has 0 radical (unpaired) electrons. The Balaban J connectivity index is 3.53. The highest BCUT2D eigenvalue weighted by Gasteiger charge is 2.13. The summed E-state index contributed by atoms with van der Waals surface area (Å²) < 4.78 is 4.88. The standard InChI is InChI=1S/C10H21N3O3/c1-7(2)5-8(11)10(15)13-3-4-16-6-9(12)14/h7-8H,3-6,11H2,1-2H3,(H2,12,14)(H,13,15)/t8-/m1/s1. The average molecular weight is 231 g/mol. The molecule has 0 aromatic heterocycles. The van der Waals surface area contributed by atoms with Crippen LogP contribution in [-0.2, 0) is 14.3 Å². The van der Waals surface area contributed by atoms with Crippen LogP contribution in [0, 0.1) is 5.92 Å². The number of amides is 2. The summed E-state index contributed by atoms with van der Waals surface area (Å²) >= 11 is 0. The second kappa shape index (κ2) is 8.06. The first-order chi connectivity index (χ1) is 7.43. The van der Waals surface area contributed by atoms with Gasteiger partial charge < -0.3 is 21.5 Å². The van der Waals surface area contributed by atoms with Crippen LogP contribution >= 0.6 is 0 Å². The lowest BCUT2D eigenvalue weighted by molar-refractivity contribution is -0.123. The maximum absolute atomic E-state index is 11.4. The van der Waals surface area contributed by atoms with Crippen LogP contribution in [0.3, 0.4) is 0 Å². The molecule has 94 valence electrons. The molecule has 5 N–H and O–H groups in total. The Labute approximate surface area is 95.7 Å². The summed E-state index contributed by atoms with van der Waals surface area (Å²) in [6.07, 6.45) is 0.647. The number of primary amides is 1. The maximum atomic E-state index is 11.4. The van der Waals surface area contributed by atoms with Crippen LogP contribution < -0.4 is 16.8 Å². The molecule has 0 saturated carbocycles. The van der Waals surface area contributed by atoms with Crippen LogP contribution in [0.25, 0.3) is 0 Å². The third-order valence-electron chi connectivity index (χ3n) is 1.85. The molecule has 0 saturated heterocycles. The molecule has 0 aliphatic carbocycles. The molecular formula is C10H21N3O3. The van der Waals surface area contributed by atoms with Crippen molar-refractivity contribution in [1.29, 1.82) is 0 Å². The van der Waals surface area contributed by atoms with E-state index in [0.717, 1.165) is 0 Å². The van der Waals surface area contributed by atoms with E-state index in [0.29, 0.717) is 18.9 Å². The number of carbonyl (C=O) groups is 2. The van der Waals surface area contributed by atoms with Crippen molar-refractivity contribution in [1.82, 2.24) is 5.32 Å². The molecule has 1 atom stereocenters. The Morgan fingerprint density at radius 1 is 1.38 bits per heavy atom. The second-order valence-corrected chi connectivity index (χ2v) is 4.05. The molecule has 0 bridgehead atoms. The molecule has 0 spiro atoms. The van der Waals surface area contributed by atoms with E-state index in [1.165, 1.54) is 0 Å². The van der Waals surface area contributed by atoms with Gasteiger partial charge in [0.1, 0.15) is 6.61 Å². The predicted octanol–water partition coefficient (Wildman–Crippen LogP) is -1.02. The Bertz CT molecular complexity index is 231. The van der Waals surface area contributed by atoms with E-state index in [2.05, 4.69) is 5.32 Å². The number of hydrogen-bond acceptors (Lipinski definition) is 4. The van der Waals surface area contributed by atoms with E-state index < -0.39 is 11.9 Å². The van der Waals surface area contributed by atoms with E-state index in [1.54, 1.807) is 0 Å². The lowest BCUT2D eigenvalue weighted by Gasteiger charge is -2.13. The Morgan fingerprint density at radius 2 is 2.00 bits per heavy atom. The topological polar surface area (TPSA) is 107 Å². The number of rotatable bonds is 8. The number of nitrogens with one attached hydrogen (secondary N) is 1. The van der Waals surface area contributed by atoms with Gasteiger partial charge in [0, 0.05) is 6.54 Å². The van der Waals surface area contributed by atoms with Crippen molar-refractivity contribution in [2.45, 2.75) is 26.3 Å². The molecule has 0 fully saturated rings. The molecule has 0 aliphatic heterocycles. The molecule has 2 amide bonds. The zero-order valence-electron chi connectivity index (χ0n) is 9.86. The number of ether oxygens (including phenoxy) is 1.